The molecule has 2 saturated heterocycles. The Kier molecular flexibility index (Phi) is 5.47. The third-order valence-electron chi connectivity index (χ3n) is 5.33. The lowest BCUT2D eigenvalue weighted by Gasteiger charge is -2.18. The molecule has 0 aliphatic carbocycles. The van der Waals surface area contributed by atoms with Crippen LogP contribution in [0, 0.1) is 0 Å². The topological polar surface area (TPSA) is 94.6 Å². The zero-order valence-electron chi connectivity index (χ0n) is 16.7. The van der Waals surface area contributed by atoms with Crippen LogP contribution >= 0.6 is 0 Å². The second kappa shape index (κ2) is 8.71. The van der Waals surface area contributed by atoms with Gasteiger partial charge in [0, 0.05) is 17.4 Å². The monoisotopic (exact) mass is 418 g/mol. The van der Waals surface area contributed by atoms with Crippen molar-refractivity contribution in [2.24, 2.45) is 0 Å². The van der Waals surface area contributed by atoms with E-state index < -0.39 is 12.2 Å². The first-order valence-corrected chi connectivity index (χ1v) is 10.2. The predicted molar refractivity (Wildman–Crippen MR) is 115 cm³/mol. The molecule has 5 rings (SSSR count). The molecule has 2 aromatic carbocycles. The van der Waals surface area contributed by atoms with Gasteiger partial charge >= 0.3 is 6.09 Å². The highest BCUT2D eigenvalue weighted by Crippen LogP contribution is 2.30. The maximum Gasteiger partial charge on any atom is 0.412 e. The minimum atomic E-state index is -0.528. The molecule has 1 aromatic heterocycles. The number of nitrogens with zero attached hydrogens (tertiary/aromatic N) is 2. The van der Waals surface area contributed by atoms with Gasteiger partial charge in [-0.2, -0.15) is 0 Å². The second-order valence-corrected chi connectivity index (χ2v) is 7.41. The van der Waals surface area contributed by atoms with Crippen molar-refractivity contribution < 1.29 is 19.0 Å². The molecule has 4 unspecified atom stereocenters. The van der Waals surface area contributed by atoms with E-state index in [-0.39, 0.29) is 24.9 Å². The first-order chi connectivity index (χ1) is 15.3. The van der Waals surface area contributed by atoms with Crippen LogP contribution in [0.1, 0.15) is 0 Å². The van der Waals surface area contributed by atoms with Gasteiger partial charge in [-0.3, -0.25) is 5.32 Å². The van der Waals surface area contributed by atoms with Crippen molar-refractivity contribution in [2.75, 3.05) is 23.8 Å². The number of hydrogen-bond acceptors (Lipinski definition) is 7. The Hall–Kier alpha value is -3.49. The molecule has 4 atom stereocenters. The number of aromatic nitrogens is 2. The van der Waals surface area contributed by atoms with E-state index in [1.807, 2.05) is 54.6 Å². The zero-order chi connectivity index (χ0) is 21.0. The molecule has 0 bridgehead atoms. The van der Waals surface area contributed by atoms with Crippen LogP contribution in [0.4, 0.5) is 16.4 Å². The van der Waals surface area contributed by atoms with E-state index in [1.165, 1.54) is 0 Å². The Bertz CT molecular complexity index is 1030. The standard InChI is InChI=1S/C23H22N4O4/c28-23(25-16-9-5-2-6-10-16)31-19-14-30-20-18(13-29-21(19)20)27-22-24-12-11-17(26-22)15-7-3-1-4-8-15/h1-12,18-21H,13-14H2,(H,25,28)(H,24,26,27). The van der Waals surface area contributed by atoms with Crippen molar-refractivity contribution in [1.29, 1.82) is 0 Å². The fourth-order valence-electron chi connectivity index (χ4n) is 3.86. The number of para-hydroxylation sites is 1. The molecule has 2 aliphatic rings. The number of nitrogens with one attached hydrogen (secondary N) is 2. The Balaban J connectivity index is 1.20. The normalized spacial score (nSPS) is 24.4. The minimum Gasteiger partial charge on any atom is -0.441 e. The van der Waals surface area contributed by atoms with E-state index in [4.69, 9.17) is 14.2 Å². The highest BCUT2D eigenvalue weighted by molar-refractivity contribution is 5.84. The van der Waals surface area contributed by atoms with Crippen LogP contribution in [0.15, 0.2) is 72.9 Å². The summed E-state index contributed by atoms with van der Waals surface area (Å²) in [5.74, 6) is 0.505. The summed E-state index contributed by atoms with van der Waals surface area (Å²) in [4.78, 5) is 21.2. The summed E-state index contributed by atoms with van der Waals surface area (Å²) in [6, 6.07) is 20.8. The van der Waals surface area contributed by atoms with E-state index >= 15 is 0 Å². The van der Waals surface area contributed by atoms with Crippen molar-refractivity contribution in [2.45, 2.75) is 24.4 Å². The van der Waals surface area contributed by atoms with Crippen molar-refractivity contribution in [1.82, 2.24) is 9.97 Å². The summed E-state index contributed by atoms with van der Waals surface area (Å²) in [7, 11) is 0. The van der Waals surface area contributed by atoms with E-state index in [0.29, 0.717) is 18.2 Å². The van der Waals surface area contributed by atoms with Crippen molar-refractivity contribution in [3.63, 3.8) is 0 Å². The lowest BCUT2D eigenvalue weighted by Crippen LogP contribution is -2.38. The molecule has 8 heteroatoms. The number of ether oxygens (including phenoxy) is 3. The molecular weight excluding hydrogens is 396 g/mol. The number of carbonyl (C=O) groups excluding carboxylic acids is 1. The third kappa shape index (κ3) is 4.35. The minimum absolute atomic E-state index is 0.137. The fraction of sp³-hybridized carbons (Fsp3) is 0.261. The SMILES string of the molecule is O=C(Nc1ccccc1)OC1COC2C(Nc3nccc(-c4ccccc4)n3)COC12. The van der Waals surface area contributed by atoms with E-state index in [9.17, 15) is 4.79 Å². The fourth-order valence-corrected chi connectivity index (χ4v) is 3.86. The quantitative estimate of drug-likeness (QED) is 0.656. The van der Waals surface area contributed by atoms with Gasteiger partial charge < -0.3 is 19.5 Å². The zero-order valence-corrected chi connectivity index (χ0v) is 16.7. The maximum absolute atomic E-state index is 12.2. The number of hydrogen-bond donors (Lipinski definition) is 2. The van der Waals surface area contributed by atoms with Crippen molar-refractivity contribution in [3.05, 3.63) is 72.9 Å². The smallest absolute Gasteiger partial charge is 0.412 e. The van der Waals surface area contributed by atoms with Crippen molar-refractivity contribution in [3.8, 4) is 11.3 Å². The third-order valence-corrected chi connectivity index (χ3v) is 5.33. The first kappa shape index (κ1) is 19.5. The van der Waals surface area contributed by atoms with Gasteiger partial charge in [-0.1, -0.05) is 48.5 Å². The molecule has 0 spiro atoms. The van der Waals surface area contributed by atoms with Gasteiger partial charge in [0.15, 0.2) is 6.10 Å². The number of rotatable bonds is 5. The summed E-state index contributed by atoms with van der Waals surface area (Å²) in [5, 5.41) is 6.02. The van der Waals surface area contributed by atoms with Crippen LogP contribution in [0.25, 0.3) is 11.3 Å². The average Bonchev–Trinajstić information content (AvgIpc) is 3.39. The van der Waals surface area contributed by atoms with Gasteiger partial charge in [0.1, 0.15) is 12.2 Å². The number of anilines is 2. The molecular formula is C23H22N4O4. The van der Waals surface area contributed by atoms with E-state index in [1.54, 1.807) is 18.3 Å². The van der Waals surface area contributed by atoms with Crippen LogP contribution < -0.4 is 10.6 Å². The molecule has 1 amide bonds. The van der Waals surface area contributed by atoms with Gasteiger partial charge in [0.2, 0.25) is 5.95 Å². The van der Waals surface area contributed by atoms with Crippen LogP contribution in [0.5, 0.6) is 0 Å². The molecule has 2 N–H and O–H groups in total. The van der Waals surface area contributed by atoms with Gasteiger partial charge in [0.05, 0.1) is 24.9 Å². The molecule has 3 heterocycles. The van der Waals surface area contributed by atoms with E-state index in [2.05, 4.69) is 20.6 Å². The molecule has 2 aliphatic heterocycles. The highest BCUT2D eigenvalue weighted by atomic mass is 16.6. The Morgan fingerprint density at radius 3 is 2.48 bits per heavy atom. The molecule has 2 fully saturated rings. The highest BCUT2D eigenvalue weighted by Gasteiger charge is 2.49. The molecule has 8 nitrogen and oxygen atoms in total. The van der Waals surface area contributed by atoms with Crippen LogP contribution in [-0.2, 0) is 14.2 Å². The number of benzene rings is 2. The maximum atomic E-state index is 12.2. The van der Waals surface area contributed by atoms with Gasteiger partial charge in [-0.15, -0.1) is 0 Å². The molecule has 3 aromatic rings. The Morgan fingerprint density at radius 1 is 0.935 bits per heavy atom. The number of carbonyl (C=O) groups is 1. The molecule has 0 saturated carbocycles. The van der Waals surface area contributed by atoms with Crippen LogP contribution in [0.2, 0.25) is 0 Å². The van der Waals surface area contributed by atoms with Gasteiger partial charge in [-0.25, -0.2) is 14.8 Å². The number of fused-ring (bicyclic) bond motifs is 1. The summed E-state index contributed by atoms with van der Waals surface area (Å²) >= 11 is 0. The predicted octanol–water partition coefficient (Wildman–Crippen LogP) is 3.34. The average molecular weight is 418 g/mol. The molecule has 0 radical (unpaired) electrons. The van der Waals surface area contributed by atoms with Gasteiger partial charge in [0.25, 0.3) is 0 Å². The van der Waals surface area contributed by atoms with Gasteiger partial charge in [-0.05, 0) is 18.2 Å². The first-order valence-electron chi connectivity index (χ1n) is 10.2. The summed E-state index contributed by atoms with van der Waals surface area (Å²) < 4.78 is 17.3. The van der Waals surface area contributed by atoms with Crippen LogP contribution in [-0.4, -0.2) is 53.6 Å². The van der Waals surface area contributed by atoms with Crippen molar-refractivity contribution >= 4 is 17.7 Å². The van der Waals surface area contributed by atoms with Crippen LogP contribution in [0.3, 0.4) is 0 Å². The largest absolute Gasteiger partial charge is 0.441 e. The second-order valence-electron chi connectivity index (χ2n) is 7.41. The van der Waals surface area contributed by atoms with E-state index in [0.717, 1.165) is 11.3 Å². The Morgan fingerprint density at radius 2 is 1.68 bits per heavy atom. The number of amides is 1. The Labute approximate surface area is 179 Å². The molecule has 31 heavy (non-hydrogen) atoms. The molecule has 158 valence electrons. The summed E-state index contributed by atoms with van der Waals surface area (Å²) in [6.45, 7) is 0.690. The lowest BCUT2D eigenvalue weighted by molar-refractivity contribution is 0.00917. The summed E-state index contributed by atoms with van der Waals surface area (Å²) in [5.41, 5.74) is 2.52. The summed E-state index contributed by atoms with van der Waals surface area (Å²) in [6.07, 6.45) is 0.131. The lowest BCUT2D eigenvalue weighted by atomic mass is 10.1.